The number of hydrogen-bond donors (Lipinski definition) is 0. The van der Waals surface area contributed by atoms with Gasteiger partial charge in [0.25, 0.3) is 6.43 Å². The maximum Gasteiger partial charge on any atom is 0.272 e. The van der Waals surface area contributed by atoms with E-state index in [4.69, 9.17) is 4.74 Å². The zero-order valence-electron chi connectivity index (χ0n) is 7.58. The Morgan fingerprint density at radius 3 is 2.57 bits per heavy atom. The normalized spacial score (nSPS) is 17.8. The summed E-state index contributed by atoms with van der Waals surface area (Å²) in [6, 6.07) is 3.26. The van der Waals surface area contributed by atoms with Crippen LogP contribution in [0.1, 0.15) is 11.3 Å². The number of alkyl halides is 2. The van der Waals surface area contributed by atoms with Crippen LogP contribution in [0, 0.1) is 0 Å². The summed E-state index contributed by atoms with van der Waals surface area (Å²) >= 11 is 1.17. The smallest absolute Gasteiger partial charge is 0.272 e. The fraction of sp³-hybridized carbons (Fsp3) is 0.556. The van der Waals surface area contributed by atoms with Crippen molar-refractivity contribution in [3.05, 3.63) is 17.0 Å². The number of morpholine rings is 1. The van der Waals surface area contributed by atoms with Crippen molar-refractivity contribution >= 4 is 16.3 Å². The lowest BCUT2D eigenvalue weighted by molar-refractivity contribution is 0.123. The van der Waals surface area contributed by atoms with Crippen LogP contribution in [0.2, 0.25) is 0 Å². The van der Waals surface area contributed by atoms with Crippen molar-refractivity contribution in [2.75, 3.05) is 31.2 Å². The third kappa shape index (κ3) is 2.04. The van der Waals surface area contributed by atoms with Gasteiger partial charge in [-0.2, -0.15) is 0 Å². The molecular weight excluding hydrogens is 208 g/mol. The van der Waals surface area contributed by atoms with E-state index in [1.807, 2.05) is 0 Å². The van der Waals surface area contributed by atoms with Gasteiger partial charge < -0.3 is 9.64 Å². The van der Waals surface area contributed by atoms with Crippen LogP contribution in [0.3, 0.4) is 0 Å². The first kappa shape index (κ1) is 9.86. The Balaban J connectivity index is 2.07. The van der Waals surface area contributed by atoms with Gasteiger partial charge in [0.15, 0.2) is 0 Å². The Kier molecular flexibility index (Phi) is 2.98. The summed E-state index contributed by atoms with van der Waals surface area (Å²) in [7, 11) is 0. The molecule has 14 heavy (non-hydrogen) atoms. The molecule has 0 N–H and O–H groups in total. The first-order valence-electron chi connectivity index (χ1n) is 4.48. The fourth-order valence-corrected chi connectivity index (χ4v) is 2.33. The zero-order valence-corrected chi connectivity index (χ0v) is 8.40. The average Bonchev–Trinajstić information content (AvgIpc) is 2.68. The molecule has 2 heterocycles. The van der Waals surface area contributed by atoms with Gasteiger partial charge in [0.1, 0.15) is 0 Å². The van der Waals surface area contributed by atoms with Gasteiger partial charge in [0, 0.05) is 13.1 Å². The van der Waals surface area contributed by atoms with Crippen LogP contribution in [-0.2, 0) is 4.74 Å². The first-order valence-corrected chi connectivity index (χ1v) is 5.29. The third-order valence-electron chi connectivity index (χ3n) is 2.15. The van der Waals surface area contributed by atoms with Crippen LogP contribution < -0.4 is 4.90 Å². The molecule has 78 valence electrons. The number of hydrogen-bond acceptors (Lipinski definition) is 3. The van der Waals surface area contributed by atoms with E-state index in [2.05, 4.69) is 4.90 Å². The van der Waals surface area contributed by atoms with Gasteiger partial charge >= 0.3 is 0 Å². The second-order valence-electron chi connectivity index (χ2n) is 3.08. The molecule has 2 rings (SSSR count). The van der Waals surface area contributed by atoms with Gasteiger partial charge in [-0.05, 0) is 12.1 Å². The number of anilines is 1. The van der Waals surface area contributed by atoms with E-state index in [1.165, 1.54) is 17.4 Å². The SMILES string of the molecule is FC(F)c1ccc(N2CCOCC2)s1. The second-order valence-corrected chi connectivity index (χ2v) is 4.17. The molecule has 1 aromatic rings. The van der Waals surface area contributed by atoms with Gasteiger partial charge in [-0.25, -0.2) is 8.78 Å². The van der Waals surface area contributed by atoms with Crippen molar-refractivity contribution in [1.82, 2.24) is 0 Å². The fourth-order valence-electron chi connectivity index (χ4n) is 1.41. The zero-order chi connectivity index (χ0) is 9.97. The molecule has 1 aliphatic rings. The van der Waals surface area contributed by atoms with Crippen molar-refractivity contribution < 1.29 is 13.5 Å². The maximum atomic E-state index is 12.3. The molecule has 0 bridgehead atoms. The highest BCUT2D eigenvalue weighted by atomic mass is 32.1. The van der Waals surface area contributed by atoms with Crippen LogP contribution in [0.25, 0.3) is 0 Å². The van der Waals surface area contributed by atoms with Gasteiger partial charge in [0.2, 0.25) is 0 Å². The van der Waals surface area contributed by atoms with Gasteiger partial charge in [-0.3, -0.25) is 0 Å². The predicted molar refractivity (Wildman–Crippen MR) is 52.3 cm³/mol. The summed E-state index contributed by atoms with van der Waals surface area (Å²) in [6.45, 7) is 2.95. The van der Waals surface area contributed by atoms with Gasteiger partial charge in [-0.1, -0.05) is 0 Å². The number of thiophene rings is 1. The molecule has 0 radical (unpaired) electrons. The van der Waals surface area contributed by atoms with E-state index < -0.39 is 6.43 Å². The number of halogens is 2. The molecule has 0 amide bonds. The third-order valence-corrected chi connectivity index (χ3v) is 3.30. The van der Waals surface area contributed by atoms with Crippen LogP contribution in [0.4, 0.5) is 13.8 Å². The van der Waals surface area contributed by atoms with Crippen molar-refractivity contribution in [3.63, 3.8) is 0 Å². The summed E-state index contributed by atoms with van der Waals surface area (Å²) in [6.07, 6.45) is -2.35. The summed E-state index contributed by atoms with van der Waals surface area (Å²) in [5.41, 5.74) is 0. The quantitative estimate of drug-likeness (QED) is 0.757. The Labute approximate surface area is 85.1 Å². The van der Waals surface area contributed by atoms with E-state index >= 15 is 0 Å². The summed E-state index contributed by atoms with van der Waals surface area (Å²) < 4.78 is 29.8. The topological polar surface area (TPSA) is 12.5 Å². The molecule has 0 atom stereocenters. The lowest BCUT2D eigenvalue weighted by atomic mass is 10.4. The van der Waals surface area contributed by atoms with E-state index in [-0.39, 0.29) is 4.88 Å². The van der Waals surface area contributed by atoms with Crippen molar-refractivity contribution in [2.24, 2.45) is 0 Å². The number of nitrogens with zero attached hydrogens (tertiary/aromatic N) is 1. The van der Waals surface area contributed by atoms with Crippen LogP contribution >= 0.6 is 11.3 Å². The van der Waals surface area contributed by atoms with E-state index in [1.54, 1.807) is 6.07 Å². The predicted octanol–water partition coefficient (Wildman–Crippen LogP) is 2.52. The Bertz CT molecular complexity index is 297. The Hall–Kier alpha value is -0.680. The molecule has 0 spiro atoms. The summed E-state index contributed by atoms with van der Waals surface area (Å²) in [5.74, 6) is 0. The molecule has 0 unspecified atom stereocenters. The lowest BCUT2D eigenvalue weighted by Crippen LogP contribution is -2.35. The molecule has 1 aliphatic heterocycles. The van der Waals surface area contributed by atoms with E-state index in [0.29, 0.717) is 13.2 Å². The van der Waals surface area contributed by atoms with Crippen molar-refractivity contribution in [2.45, 2.75) is 6.43 Å². The molecule has 0 aliphatic carbocycles. The average molecular weight is 219 g/mol. The first-order chi connectivity index (χ1) is 6.77. The molecule has 1 aromatic heterocycles. The van der Waals surface area contributed by atoms with E-state index in [0.717, 1.165) is 18.1 Å². The minimum absolute atomic E-state index is 0.145. The van der Waals surface area contributed by atoms with Crippen LogP contribution in [0.5, 0.6) is 0 Å². The van der Waals surface area contributed by atoms with Gasteiger partial charge in [0.05, 0.1) is 23.1 Å². The Morgan fingerprint density at radius 2 is 2.00 bits per heavy atom. The van der Waals surface area contributed by atoms with Crippen molar-refractivity contribution in [3.8, 4) is 0 Å². The lowest BCUT2D eigenvalue weighted by Gasteiger charge is -2.27. The maximum absolute atomic E-state index is 12.3. The van der Waals surface area contributed by atoms with Gasteiger partial charge in [-0.15, -0.1) is 11.3 Å². The summed E-state index contributed by atoms with van der Waals surface area (Å²) in [5, 5.41) is 0.920. The largest absolute Gasteiger partial charge is 0.378 e. The molecule has 1 fully saturated rings. The molecular formula is C9H11F2NOS. The van der Waals surface area contributed by atoms with Crippen LogP contribution in [0.15, 0.2) is 12.1 Å². The van der Waals surface area contributed by atoms with E-state index in [9.17, 15) is 8.78 Å². The monoisotopic (exact) mass is 219 g/mol. The minimum Gasteiger partial charge on any atom is -0.378 e. The molecule has 0 aromatic carbocycles. The van der Waals surface area contributed by atoms with Crippen molar-refractivity contribution in [1.29, 1.82) is 0 Å². The summed E-state index contributed by atoms with van der Waals surface area (Å²) in [4.78, 5) is 2.23. The molecule has 0 saturated carbocycles. The molecule has 5 heteroatoms. The molecule has 2 nitrogen and oxygen atoms in total. The number of rotatable bonds is 2. The van der Waals surface area contributed by atoms with Crippen LogP contribution in [-0.4, -0.2) is 26.3 Å². The highest BCUT2D eigenvalue weighted by molar-refractivity contribution is 7.16. The minimum atomic E-state index is -2.35. The Morgan fingerprint density at radius 1 is 1.29 bits per heavy atom. The number of ether oxygens (including phenoxy) is 1. The molecule has 1 saturated heterocycles. The standard InChI is InChI=1S/C9H11F2NOS/c10-9(11)7-1-2-8(14-7)12-3-5-13-6-4-12/h1-2,9H,3-6H2. The highest BCUT2D eigenvalue weighted by Crippen LogP contribution is 2.32. The highest BCUT2D eigenvalue weighted by Gasteiger charge is 2.16. The second kappa shape index (κ2) is 4.23.